The highest BCUT2D eigenvalue weighted by molar-refractivity contribution is 4.66. The van der Waals surface area contributed by atoms with Gasteiger partial charge in [-0.15, -0.1) is 0 Å². The van der Waals surface area contributed by atoms with Crippen LogP contribution >= 0.6 is 0 Å². The van der Waals surface area contributed by atoms with Gasteiger partial charge in [0, 0.05) is 0 Å². The molecule has 38 heavy (non-hydrogen) atoms. The summed E-state index contributed by atoms with van der Waals surface area (Å²) < 4.78 is 0. The predicted molar refractivity (Wildman–Crippen MR) is 173 cm³/mol. The molecule has 0 saturated heterocycles. The molecule has 0 amide bonds. The second kappa shape index (κ2) is 34.9. The highest BCUT2D eigenvalue weighted by atomic mass is 17.1. The Kier molecular flexibility index (Phi) is 38.8. The zero-order valence-corrected chi connectivity index (χ0v) is 27.6. The SMILES string of the molecule is CCCCCCCCCCCCCCCC(C)(C)OO.CCCCCCCCCCCCCCN(C)C.N. The lowest BCUT2D eigenvalue weighted by Gasteiger charge is -2.19. The molecule has 0 aliphatic carbocycles. The van der Waals surface area contributed by atoms with Gasteiger partial charge in [0.2, 0.25) is 0 Å². The van der Waals surface area contributed by atoms with Crippen LogP contribution in [0.2, 0.25) is 0 Å². The second-order valence-electron chi connectivity index (χ2n) is 12.5. The molecule has 0 aliphatic rings. The van der Waals surface area contributed by atoms with Crippen molar-refractivity contribution in [2.45, 2.75) is 200 Å². The van der Waals surface area contributed by atoms with Crippen LogP contribution in [0.4, 0.5) is 0 Å². The first-order chi connectivity index (χ1) is 17.9. The third kappa shape index (κ3) is 40.3. The van der Waals surface area contributed by atoms with Crippen LogP contribution in [-0.2, 0) is 4.89 Å². The monoisotopic (exact) mass is 545 g/mol. The summed E-state index contributed by atoms with van der Waals surface area (Å²) in [5, 5.41) is 8.69. The number of hydrogen-bond donors (Lipinski definition) is 2. The Bertz CT molecular complexity index is 402. The minimum absolute atomic E-state index is 0. The maximum Gasteiger partial charge on any atom is 0.0977 e. The normalized spacial score (nSPS) is 11.4. The van der Waals surface area contributed by atoms with E-state index in [0.717, 1.165) is 12.8 Å². The fourth-order valence-corrected chi connectivity index (χ4v) is 4.88. The van der Waals surface area contributed by atoms with Crippen molar-refractivity contribution in [2.75, 3.05) is 20.6 Å². The van der Waals surface area contributed by atoms with Crippen LogP contribution in [0.5, 0.6) is 0 Å². The van der Waals surface area contributed by atoms with Crippen molar-refractivity contribution in [3.8, 4) is 0 Å². The highest BCUT2D eigenvalue weighted by Gasteiger charge is 2.17. The summed E-state index contributed by atoms with van der Waals surface area (Å²) in [6.45, 7) is 9.70. The Morgan fingerprint density at radius 3 is 1.00 bits per heavy atom. The summed E-state index contributed by atoms with van der Waals surface area (Å²) in [5.41, 5.74) is -0.363. The minimum Gasteiger partial charge on any atom is -0.344 e. The largest absolute Gasteiger partial charge is 0.344 e. The lowest BCUT2D eigenvalue weighted by molar-refractivity contribution is -0.314. The van der Waals surface area contributed by atoms with Gasteiger partial charge in [-0.25, -0.2) is 4.89 Å². The first-order valence-electron chi connectivity index (χ1n) is 16.9. The lowest BCUT2D eigenvalue weighted by atomic mass is 9.99. The van der Waals surface area contributed by atoms with Gasteiger partial charge in [-0.1, -0.05) is 168 Å². The summed E-state index contributed by atoms with van der Waals surface area (Å²) in [4.78, 5) is 6.73. The molecule has 0 atom stereocenters. The quantitative estimate of drug-likeness (QED) is 0.0583. The molecule has 0 heterocycles. The van der Waals surface area contributed by atoms with E-state index in [1.54, 1.807) is 0 Å². The average molecular weight is 545 g/mol. The van der Waals surface area contributed by atoms with E-state index in [1.165, 1.54) is 161 Å². The fourth-order valence-electron chi connectivity index (χ4n) is 4.88. The molecule has 0 saturated carbocycles. The molecule has 4 heteroatoms. The Balaban J connectivity index is -0.000000636. The predicted octanol–water partition coefficient (Wildman–Crippen LogP) is 12.1. The molecule has 0 rings (SSSR count). The van der Waals surface area contributed by atoms with Crippen LogP contribution in [0.1, 0.15) is 195 Å². The van der Waals surface area contributed by atoms with E-state index in [1.807, 2.05) is 13.8 Å². The van der Waals surface area contributed by atoms with Crippen LogP contribution in [0.3, 0.4) is 0 Å². The van der Waals surface area contributed by atoms with Gasteiger partial charge in [0.15, 0.2) is 0 Å². The molecule has 0 aliphatic heterocycles. The molecular weight excluding hydrogens is 468 g/mol. The minimum atomic E-state index is -0.363. The van der Waals surface area contributed by atoms with Crippen molar-refractivity contribution in [1.29, 1.82) is 0 Å². The van der Waals surface area contributed by atoms with Gasteiger partial charge in [-0.2, -0.15) is 0 Å². The molecule has 0 unspecified atom stereocenters. The number of nitrogens with zero attached hydrogens (tertiary/aromatic N) is 1. The first kappa shape index (κ1) is 42.3. The number of hydrogen-bond acceptors (Lipinski definition) is 4. The molecule has 0 aromatic heterocycles. The maximum atomic E-state index is 8.69. The van der Waals surface area contributed by atoms with Crippen molar-refractivity contribution in [3.63, 3.8) is 0 Å². The summed E-state index contributed by atoms with van der Waals surface area (Å²) in [6, 6.07) is 0. The summed E-state index contributed by atoms with van der Waals surface area (Å²) in [7, 11) is 4.33. The molecule has 0 fully saturated rings. The van der Waals surface area contributed by atoms with Crippen LogP contribution in [0.15, 0.2) is 0 Å². The van der Waals surface area contributed by atoms with E-state index >= 15 is 0 Å². The van der Waals surface area contributed by atoms with Crippen molar-refractivity contribution in [2.24, 2.45) is 0 Å². The van der Waals surface area contributed by atoms with E-state index in [4.69, 9.17) is 5.26 Å². The third-order valence-corrected chi connectivity index (χ3v) is 7.59. The molecule has 4 nitrogen and oxygen atoms in total. The van der Waals surface area contributed by atoms with E-state index in [2.05, 4.69) is 37.7 Å². The summed E-state index contributed by atoms with van der Waals surface area (Å²) in [6.07, 6.45) is 36.2. The van der Waals surface area contributed by atoms with Gasteiger partial charge in [0.1, 0.15) is 0 Å². The Hall–Kier alpha value is -0.160. The maximum absolute atomic E-state index is 8.69. The first-order valence-corrected chi connectivity index (χ1v) is 16.9. The second-order valence-corrected chi connectivity index (χ2v) is 12.5. The van der Waals surface area contributed by atoms with Crippen LogP contribution in [-0.4, -0.2) is 36.4 Å². The fraction of sp³-hybridized carbons (Fsp3) is 1.00. The topological polar surface area (TPSA) is 67.7 Å². The van der Waals surface area contributed by atoms with Crippen molar-refractivity contribution in [3.05, 3.63) is 0 Å². The van der Waals surface area contributed by atoms with E-state index in [0.29, 0.717) is 0 Å². The molecule has 0 aromatic rings. The smallest absolute Gasteiger partial charge is 0.0977 e. The zero-order valence-electron chi connectivity index (χ0n) is 27.6. The highest BCUT2D eigenvalue weighted by Crippen LogP contribution is 2.19. The molecular formula is C34H76N2O2. The van der Waals surface area contributed by atoms with Gasteiger partial charge >= 0.3 is 0 Å². The Labute approximate surface area is 242 Å². The molecule has 0 spiro atoms. The van der Waals surface area contributed by atoms with Gasteiger partial charge in [-0.3, -0.25) is 5.26 Å². The van der Waals surface area contributed by atoms with Crippen LogP contribution in [0.25, 0.3) is 0 Å². The van der Waals surface area contributed by atoms with Crippen molar-refractivity contribution < 1.29 is 10.1 Å². The van der Waals surface area contributed by atoms with E-state index in [-0.39, 0.29) is 11.8 Å². The van der Waals surface area contributed by atoms with E-state index in [9.17, 15) is 0 Å². The van der Waals surface area contributed by atoms with Gasteiger partial charge in [-0.05, 0) is 47.3 Å². The van der Waals surface area contributed by atoms with Gasteiger partial charge in [0.05, 0.1) is 5.60 Å². The molecule has 234 valence electrons. The molecule has 0 bridgehead atoms. The Morgan fingerprint density at radius 1 is 0.474 bits per heavy atom. The molecule has 0 aromatic carbocycles. The van der Waals surface area contributed by atoms with Crippen molar-refractivity contribution in [1.82, 2.24) is 11.1 Å². The zero-order chi connectivity index (χ0) is 27.9. The number of rotatable bonds is 28. The lowest BCUT2D eigenvalue weighted by Crippen LogP contribution is -2.22. The van der Waals surface area contributed by atoms with Crippen molar-refractivity contribution >= 4 is 0 Å². The number of unbranched alkanes of at least 4 members (excludes halogenated alkanes) is 23. The standard InChI is InChI=1S/C18H38O2.C16H35N.H3N/c1-4-5-6-7-8-9-10-11-12-13-14-15-16-17-18(2,3)20-19;1-4-5-6-7-8-9-10-11-12-13-14-15-16-17(2)3;/h19H,4-17H2,1-3H3;4-16H2,1-3H3;1H3. The molecule has 0 radical (unpaired) electrons. The van der Waals surface area contributed by atoms with E-state index < -0.39 is 0 Å². The van der Waals surface area contributed by atoms with Gasteiger partial charge < -0.3 is 11.1 Å². The van der Waals surface area contributed by atoms with Gasteiger partial charge in [0.25, 0.3) is 0 Å². The third-order valence-electron chi connectivity index (χ3n) is 7.59. The summed E-state index contributed by atoms with van der Waals surface area (Å²) >= 11 is 0. The Morgan fingerprint density at radius 2 is 0.737 bits per heavy atom. The molecule has 4 N–H and O–H groups in total. The van der Waals surface area contributed by atoms with Crippen LogP contribution < -0.4 is 6.15 Å². The van der Waals surface area contributed by atoms with Crippen LogP contribution in [0, 0.1) is 0 Å². The summed E-state index contributed by atoms with van der Waals surface area (Å²) in [5.74, 6) is 0. The average Bonchev–Trinajstić information content (AvgIpc) is 2.87.